The first-order chi connectivity index (χ1) is 18.7. The van der Waals surface area contributed by atoms with Crippen molar-refractivity contribution in [3.63, 3.8) is 0 Å². The van der Waals surface area contributed by atoms with E-state index in [4.69, 9.17) is 18.6 Å². The van der Waals surface area contributed by atoms with Gasteiger partial charge in [0.05, 0.1) is 0 Å². The Balaban J connectivity index is 0.00000107. The molecule has 6 heteroatoms. The molecule has 0 aromatic heterocycles. The van der Waals surface area contributed by atoms with Crippen LogP contribution in [0.25, 0.3) is 0 Å². The third kappa shape index (κ3) is 8.95. The average molecular weight is 598 g/mol. The molecule has 0 amide bonds. The summed E-state index contributed by atoms with van der Waals surface area (Å²) in [6.45, 7) is 3.39. The summed E-state index contributed by atoms with van der Waals surface area (Å²) < 4.78 is 0. The van der Waals surface area contributed by atoms with E-state index in [2.05, 4.69) is 95.9 Å². The zero-order valence-corrected chi connectivity index (χ0v) is 25.6. The summed E-state index contributed by atoms with van der Waals surface area (Å²) in [5, 5.41) is 13.8. The van der Waals surface area contributed by atoms with Gasteiger partial charge in [0.2, 0.25) is 0 Å². The molecule has 1 aliphatic heterocycles. The van der Waals surface area contributed by atoms with Gasteiger partial charge in [-0.3, -0.25) is 4.90 Å². The van der Waals surface area contributed by atoms with Crippen LogP contribution in [0.15, 0.2) is 97.1 Å². The Morgan fingerprint density at radius 2 is 1.24 bits per heavy atom. The minimum atomic E-state index is -0.556. The van der Waals surface area contributed by atoms with Gasteiger partial charge in [0.15, 0.2) is 0 Å². The van der Waals surface area contributed by atoms with E-state index in [-0.39, 0.29) is 0 Å². The van der Waals surface area contributed by atoms with Crippen LogP contribution in [0.5, 0.6) is 5.75 Å². The van der Waals surface area contributed by atoms with E-state index >= 15 is 0 Å². The number of rotatable bonds is 8. The van der Waals surface area contributed by atoms with Crippen molar-refractivity contribution in [2.45, 2.75) is 38.6 Å². The van der Waals surface area contributed by atoms with Crippen LogP contribution in [0, 0.1) is 0 Å². The first kappa shape index (κ1) is 29.3. The fourth-order valence-electron chi connectivity index (χ4n) is 5.02. The number of hydrogen-bond donors (Lipinski definition) is 1. The summed E-state index contributed by atoms with van der Waals surface area (Å²) >= 11 is -0.556. The van der Waals surface area contributed by atoms with Crippen LogP contribution in [-0.2, 0) is 36.4 Å². The summed E-state index contributed by atoms with van der Waals surface area (Å²) in [4.78, 5) is 2.58. The molecular formula is C32H34Cl2NOPTi. The minimum absolute atomic E-state index is 0.433. The van der Waals surface area contributed by atoms with Crippen LogP contribution < -0.4 is 10.6 Å². The van der Waals surface area contributed by atoms with Gasteiger partial charge in [0, 0.05) is 18.3 Å². The molecule has 0 saturated carbocycles. The van der Waals surface area contributed by atoms with Crippen LogP contribution in [-0.4, -0.2) is 23.1 Å². The summed E-state index contributed by atoms with van der Waals surface area (Å²) in [5.41, 5.74) is 6.19. The van der Waals surface area contributed by atoms with Crippen molar-refractivity contribution < 1.29 is 22.1 Å². The second-order valence-corrected chi connectivity index (χ2v) is 13.6. The van der Waals surface area contributed by atoms with Gasteiger partial charge in [-0.05, 0) is 71.5 Å². The Morgan fingerprint density at radius 1 is 0.658 bits per heavy atom. The number of halogens is 2. The topological polar surface area (TPSA) is 23.5 Å². The number of piperidine rings is 1. The molecule has 0 spiro atoms. The van der Waals surface area contributed by atoms with Crippen molar-refractivity contribution in [2.24, 2.45) is 0 Å². The van der Waals surface area contributed by atoms with Gasteiger partial charge >= 0.3 is 35.6 Å². The van der Waals surface area contributed by atoms with Crippen molar-refractivity contribution in [3.8, 4) is 5.75 Å². The molecule has 1 heterocycles. The number of benzene rings is 4. The van der Waals surface area contributed by atoms with Gasteiger partial charge < -0.3 is 5.11 Å². The predicted molar refractivity (Wildman–Crippen MR) is 161 cm³/mol. The number of likely N-dealkylation sites (tertiary alicyclic amines) is 1. The van der Waals surface area contributed by atoms with Gasteiger partial charge in [-0.25, -0.2) is 0 Å². The number of nitrogens with zero attached hydrogens (tertiary/aromatic N) is 1. The van der Waals surface area contributed by atoms with E-state index in [1.165, 1.54) is 59.9 Å². The van der Waals surface area contributed by atoms with E-state index in [1.54, 1.807) is 0 Å². The molecule has 0 aliphatic carbocycles. The van der Waals surface area contributed by atoms with E-state index in [9.17, 15) is 5.11 Å². The van der Waals surface area contributed by atoms with Crippen LogP contribution in [0.1, 0.15) is 47.1 Å². The molecule has 5 rings (SSSR count). The normalized spacial score (nSPS) is 13.7. The van der Waals surface area contributed by atoms with E-state index in [1.807, 2.05) is 6.07 Å². The van der Waals surface area contributed by atoms with Crippen molar-refractivity contribution in [1.29, 1.82) is 0 Å². The van der Waals surface area contributed by atoms with E-state index in [0.717, 1.165) is 30.3 Å². The molecule has 1 atom stereocenters. The second kappa shape index (κ2) is 15.8. The molecule has 196 valence electrons. The maximum atomic E-state index is 11.4. The van der Waals surface area contributed by atoms with Gasteiger partial charge in [0.25, 0.3) is 0 Å². The molecule has 4 aromatic carbocycles. The zero-order chi connectivity index (χ0) is 26.6. The Hall–Kier alpha value is -1.64. The Kier molecular flexibility index (Phi) is 12.2. The number of phenols is 1. The van der Waals surface area contributed by atoms with E-state index in [0.29, 0.717) is 14.3 Å². The quantitative estimate of drug-likeness (QED) is 0.167. The summed E-state index contributed by atoms with van der Waals surface area (Å²) in [6, 6.07) is 34.3. The van der Waals surface area contributed by atoms with Gasteiger partial charge in [-0.2, -0.15) is 0 Å². The number of aromatic hydroxyl groups is 1. The third-order valence-corrected chi connectivity index (χ3v) is 8.27. The molecule has 4 aromatic rings. The molecule has 1 fully saturated rings. The Morgan fingerprint density at radius 3 is 1.89 bits per heavy atom. The molecular weight excluding hydrogens is 564 g/mol. The summed E-state index contributed by atoms with van der Waals surface area (Å²) in [5.74, 6) is 0.455. The SMILES string of the molecule is Oc1c(Cc2ccccc2)cc(Cc2ccccc2)cc1Pc1ccccc1CN1CCCCC1.[Cl][Ti][Cl]. The van der Waals surface area contributed by atoms with Crippen molar-refractivity contribution in [1.82, 2.24) is 4.90 Å². The van der Waals surface area contributed by atoms with Crippen molar-refractivity contribution >= 4 is 37.8 Å². The predicted octanol–water partition coefficient (Wildman–Crippen LogP) is 7.57. The average Bonchev–Trinajstić information content (AvgIpc) is 2.94. The van der Waals surface area contributed by atoms with Gasteiger partial charge in [0.1, 0.15) is 5.75 Å². The fourth-order valence-corrected chi connectivity index (χ4v) is 6.35. The molecule has 2 nitrogen and oxygen atoms in total. The summed E-state index contributed by atoms with van der Waals surface area (Å²) in [6.07, 6.45) is 5.56. The maximum absolute atomic E-state index is 11.4. The fraction of sp³-hybridized carbons (Fsp3) is 0.250. The van der Waals surface area contributed by atoms with E-state index < -0.39 is 17.0 Å². The molecule has 1 N–H and O–H groups in total. The Labute approximate surface area is 245 Å². The van der Waals surface area contributed by atoms with Crippen LogP contribution in [0.2, 0.25) is 0 Å². The zero-order valence-electron chi connectivity index (χ0n) is 21.5. The Bertz CT molecular complexity index is 1270. The second-order valence-electron chi connectivity index (χ2n) is 9.67. The molecule has 1 aliphatic rings. The van der Waals surface area contributed by atoms with Gasteiger partial charge in [-0.1, -0.05) is 106 Å². The molecule has 0 radical (unpaired) electrons. The van der Waals surface area contributed by atoms with Crippen molar-refractivity contribution in [2.75, 3.05) is 13.1 Å². The first-order valence-corrected chi connectivity index (χ1v) is 18.4. The molecule has 1 unspecified atom stereocenters. The molecule has 38 heavy (non-hydrogen) atoms. The molecule has 1 saturated heterocycles. The first-order valence-electron chi connectivity index (χ1n) is 13.1. The molecule has 0 bridgehead atoms. The van der Waals surface area contributed by atoms with Crippen LogP contribution in [0.3, 0.4) is 0 Å². The van der Waals surface area contributed by atoms with Crippen molar-refractivity contribution in [3.05, 3.63) is 125 Å². The number of hydrogen-bond acceptors (Lipinski definition) is 2. The van der Waals surface area contributed by atoms with Crippen LogP contribution in [0.4, 0.5) is 0 Å². The van der Waals surface area contributed by atoms with Gasteiger partial charge in [-0.15, -0.1) is 0 Å². The standard InChI is InChI=1S/C32H34NOP.2ClH.Ti/c34-32-29(21-26-14-6-2-7-15-26)22-27(20-25-12-4-1-5-13-25)23-31(32)35-30-17-9-8-16-28(30)24-33-18-10-3-11-19-33;;;/h1-2,4-9,12-17,22-23,34-35H,3,10-11,18-21,24H2;2*1H;/q;;;+2/p-2. The summed E-state index contributed by atoms with van der Waals surface area (Å²) in [7, 11) is 10.2. The third-order valence-electron chi connectivity index (χ3n) is 6.87. The number of phenolic OH excluding ortho intramolecular Hbond substituents is 1. The monoisotopic (exact) mass is 597 g/mol. The van der Waals surface area contributed by atoms with Crippen LogP contribution >= 0.6 is 27.2 Å².